The van der Waals surface area contributed by atoms with Crippen LogP contribution >= 0.6 is 0 Å². The lowest BCUT2D eigenvalue weighted by atomic mass is 9.83. The number of rotatable bonds is 8. The molecule has 2 unspecified atom stereocenters. The van der Waals surface area contributed by atoms with Crippen LogP contribution < -0.4 is 15.2 Å². The lowest BCUT2D eigenvalue weighted by Gasteiger charge is -2.27. The van der Waals surface area contributed by atoms with Crippen LogP contribution in [0.25, 0.3) is 0 Å². The zero-order chi connectivity index (χ0) is 25.5. The van der Waals surface area contributed by atoms with Crippen molar-refractivity contribution in [3.8, 4) is 17.6 Å². The highest BCUT2D eigenvalue weighted by atomic mass is 16.6. The highest BCUT2D eigenvalue weighted by molar-refractivity contribution is 5.92. The minimum atomic E-state index is -1.09. The van der Waals surface area contributed by atoms with Crippen LogP contribution in [0.5, 0.6) is 11.5 Å². The third kappa shape index (κ3) is 5.22. The summed E-state index contributed by atoms with van der Waals surface area (Å²) >= 11 is 0. The molecule has 1 heterocycles. The molecule has 0 saturated heterocycles. The van der Waals surface area contributed by atoms with Gasteiger partial charge in [0.1, 0.15) is 17.4 Å². The number of benzene rings is 2. The van der Waals surface area contributed by atoms with Gasteiger partial charge in [-0.1, -0.05) is 36.4 Å². The maximum absolute atomic E-state index is 12.8. The minimum absolute atomic E-state index is 0.0438. The Labute approximate surface area is 203 Å². The fourth-order valence-electron chi connectivity index (χ4n) is 3.77. The largest absolute Gasteiger partial charge is 0.493 e. The number of allylic oxidation sites excluding steroid dienone is 2. The van der Waals surface area contributed by atoms with Gasteiger partial charge in [-0.3, -0.25) is 0 Å². The van der Waals surface area contributed by atoms with Gasteiger partial charge in [0.2, 0.25) is 12.0 Å². The summed E-state index contributed by atoms with van der Waals surface area (Å²) in [5.74, 6) is -1.48. The number of carbonyl (C=O) groups is 2. The molecule has 1 aliphatic heterocycles. The topological polar surface area (TPSA) is 130 Å². The average Bonchev–Trinajstić information content (AvgIpc) is 2.86. The van der Waals surface area contributed by atoms with E-state index in [1.807, 2.05) is 12.1 Å². The average molecular weight is 479 g/mol. The number of hydrogen-bond acceptors (Lipinski definition) is 9. The molecule has 0 bridgehead atoms. The molecule has 35 heavy (non-hydrogen) atoms. The third-order valence-electron chi connectivity index (χ3n) is 5.38. The van der Waals surface area contributed by atoms with E-state index in [1.54, 1.807) is 56.3 Å². The van der Waals surface area contributed by atoms with E-state index in [4.69, 9.17) is 29.4 Å². The summed E-state index contributed by atoms with van der Waals surface area (Å²) in [5.41, 5.74) is 7.23. The van der Waals surface area contributed by atoms with Crippen LogP contribution in [0.4, 0.5) is 0 Å². The van der Waals surface area contributed by atoms with Gasteiger partial charge in [0.05, 0.1) is 32.3 Å². The standard InChI is InChI=1S/C26H26N2O7/c1-5-33-25(29)21-15(2)34-24(28)18(14-27)22(21)17-11-12-19(31-3)20(13-17)35-23(26(30)32-4)16-9-7-6-8-10-16/h6-13,22-23H,5,28H2,1-4H3. The fourth-order valence-corrected chi connectivity index (χ4v) is 3.77. The number of methoxy groups -OCH3 is 2. The van der Waals surface area contributed by atoms with Crippen LogP contribution in [0.1, 0.15) is 37.0 Å². The molecule has 0 amide bonds. The van der Waals surface area contributed by atoms with Gasteiger partial charge in [0, 0.05) is 5.56 Å². The summed E-state index contributed by atoms with van der Waals surface area (Å²) in [6.07, 6.45) is -1.09. The van der Waals surface area contributed by atoms with E-state index in [2.05, 4.69) is 0 Å². The summed E-state index contributed by atoms with van der Waals surface area (Å²) in [4.78, 5) is 25.4. The Bertz CT molecular complexity index is 1210. The SMILES string of the molecule is CCOC(=O)C1=C(C)OC(N)=C(C#N)C1c1ccc(OC)c(OC(C(=O)OC)c2ccccc2)c1. The monoisotopic (exact) mass is 478 g/mol. The molecule has 9 nitrogen and oxygen atoms in total. The van der Waals surface area contributed by atoms with Gasteiger partial charge in [-0.2, -0.15) is 5.26 Å². The summed E-state index contributed by atoms with van der Waals surface area (Å²) in [7, 11) is 2.72. The van der Waals surface area contributed by atoms with Gasteiger partial charge in [-0.15, -0.1) is 0 Å². The first kappa shape index (κ1) is 25.2. The second-order valence-corrected chi connectivity index (χ2v) is 7.46. The van der Waals surface area contributed by atoms with Gasteiger partial charge in [0.15, 0.2) is 11.5 Å². The van der Waals surface area contributed by atoms with Gasteiger partial charge in [-0.05, 0) is 31.5 Å². The predicted molar refractivity (Wildman–Crippen MR) is 125 cm³/mol. The van der Waals surface area contributed by atoms with E-state index in [9.17, 15) is 14.9 Å². The van der Waals surface area contributed by atoms with Gasteiger partial charge in [-0.25, -0.2) is 9.59 Å². The molecule has 2 aromatic carbocycles. The smallest absolute Gasteiger partial charge is 0.351 e. The Kier molecular flexibility index (Phi) is 8.00. The number of ether oxygens (including phenoxy) is 5. The van der Waals surface area contributed by atoms with Crippen LogP contribution in [-0.2, 0) is 23.8 Å². The maximum Gasteiger partial charge on any atom is 0.351 e. The van der Waals surface area contributed by atoms with Gasteiger partial charge < -0.3 is 29.4 Å². The fraction of sp³-hybridized carbons (Fsp3) is 0.269. The molecule has 2 N–H and O–H groups in total. The number of carbonyl (C=O) groups excluding carboxylic acids is 2. The third-order valence-corrected chi connectivity index (χ3v) is 5.38. The number of nitrogens with two attached hydrogens (primary N) is 1. The summed E-state index contributed by atoms with van der Waals surface area (Å²) < 4.78 is 27.1. The van der Waals surface area contributed by atoms with Crippen LogP contribution in [0.2, 0.25) is 0 Å². The van der Waals surface area contributed by atoms with Crippen LogP contribution in [-0.4, -0.2) is 32.8 Å². The van der Waals surface area contributed by atoms with E-state index >= 15 is 0 Å². The van der Waals surface area contributed by atoms with Gasteiger partial charge in [0.25, 0.3) is 0 Å². The number of nitrogens with zero attached hydrogens (tertiary/aromatic N) is 1. The predicted octanol–water partition coefficient (Wildman–Crippen LogP) is 3.63. The van der Waals surface area contributed by atoms with Gasteiger partial charge >= 0.3 is 11.9 Å². The first-order valence-corrected chi connectivity index (χ1v) is 10.8. The highest BCUT2D eigenvalue weighted by Gasteiger charge is 2.37. The second kappa shape index (κ2) is 11.1. The lowest BCUT2D eigenvalue weighted by Crippen LogP contribution is -2.25. The Morgan fingerprint density at radius 1 is 1.14 bits per heavy atom. The van der Waals surface area contributed by atoms with Crippen molar-refractivity contribution < 1.29 is 33.3 Å². The van der Waals surface area contributed by atoms with E-state index < -0.39 is 24.0 Å². The van der Waals surface area contributed by atoms with Crippen molar-refractivity contribution in [2.45, 2.75) is 25.9 Å². The van der Waals surface area contributed by atoms with E-state index in [-0.39, 0.29) is 35.1 Å². The molecule has 0 aromatic heterocycles. The summed E-state index contributed by atoms with van der Waals surface area (Å²) in [6.45, 7) is 3.39. The van der Waals surface area contributed by atoms with Crippen molar-refractivity contribution in [3.05, 3.63) is 82.4 Å². The molecule has 0 fully saturated rings. The quantitative estimate of drug-likeness (QED) is 0.565. The highest BCUT2D eigenvalue weighted by Crippen LogP contribution is 2.43. The van der Waals surface area contributed by atoms with Crippen molar-refractivity contribution >= 4 is 11.9 Å². The molecule has 3 rings (SSSR count). The van der Waals surface area contributed by atoms with E-state index in [1.165, 1.54) is 14.2 Å². The number of hydrogen-bond donors (Lipinski definition) is 1. The van der Waals surface area contributed by atoms with Crippen molar-refractivity contribution in [2.75, 3.05) is 20.8 Å². The first-order valence-electron chi connectivity index (χ1n) is 10.8. The molecular weight excluding hydrogens is 452 g/mol. The normalized spacial score (nSPS) is 16.0. The molecule has 182 valence electrons. The molecule has 0 saturated carbocycles. The lowest BCUT2D eigenvalue weighted by molar-refractivity contribution is -0.149. The Morgan fingerprint density at radius 2 is 1.86 bits per heavy atom. The first-order chi connectivity index (χ1) is 16.9. The van der Waals surface area contributed by atoms with Crippen molar-refractivity contribution in [1.82, 2.24) is 0 Å². The Hall–Kier alpha value is -4.45. The van der Waals surface area contributed by atoms with Crippen molar-refractivity contribution in [3.63, 3.8) is 0 Å². The molecule has 2 aromatic rings. The van der Waals surface area contributed by atoms with E-state index in [0.717, 1.165) is 0 Å². The van der Waals surface area contributed by atoms with Crippen LogP contribution in [0, 0.1) is 11.3 Å². The van der Waals surface area contributed by atoms with E-state index in [0.29, 0.717) is 16.9 Å². The Balaban J connectivity index is 2.13. The Morgan fingerprint density at radius 3 is 2.46 bits per heavy atom. The molecular formula is C26H26N2O7. The van der Waals surface area contributed by atoms with Crippen molar-refractivity contribution in [2.24, 2.45) is 5.73 Å². The van der Waals surface area contributed by atoms with Crippen LogP contribution in [0.15, 0.2) is 71.3 Å². The number of nitriles is 1. The minimum Gasteiger partial charge on any atom is -0.493 e. The summed E-state index contributed by atoms with van der Waals surface area (Å²) in [5, 5.41) is 9.82. The zero-order valence-electron chi connectivity index (χ0n) is 19.9. The van der Waals surface area contributed by atoms with Crippen LogP contribution in [0.3, 0.4) is 0 Å². The summed E-state index contributed by atoms with van der Waals surface area (Å²) in [6, 6.07) is 15.7. The second-order valence-electron chi connectivity index (χ2n) is 7.46. The molecule has 0 aliphatic carbocycles. The number of esters is 2. The zero-order valence-corrected chi connectivity index (χ0v) is 19.9. The maximum atomic E-state index is 12.8. The molecule has 1 aliphatic rings. The molecule has 0 spiro atoms. The molecule has 9 heteroatoms. The molecule has 2 atom stereocenters. The molecule has 0 radical (unpaired) electrons. The van der Waals surface area contributed by atoms with Crippen molar-refractivity contribution in [1.29, 1.82) is 5.26 Å².